The molecular weight excluding hydrogens is 246 g/mol. The average Bonchev–Trinajstić information content (AvgIpc) is 2.42. The van der Waals surface area contributed by atoms with E-state index >= 15 is 0 Å². The summed E-state index contributed by atoms with van der Waals surface area (Å²) < 4.78 is 0. The van der Waals surface area contributed by atoms with Crippen molar-refractivity contribution in [2.45, 2.75) is 52.2 Å². The van der Waals surface area contributed by atoms with Crippen LogP contribution in [0.15, 0.2) is 30.3 Å². The summed E-state index contributed by atoms with van der Waals surface area (Å²) in [5.74, 6) is 1.13. The van der Waals surface area contributed by atoms with E-state index in [0.29, 0.717) is 11.8 Å². The van der Waals surface area contributed by atoms with Crippen molar-refractivity contribution >= 4 is 0 Å². The van der Waals surface area contributed by atoms with Crippen molar-refractivity contribution in [2.24, 2.45) is 11.8 Å². The van der Waals surface area contributed by atoms with Gasteiger partial charge in [-0.1, -0.05) is 57.0 Å². The predicted octanol–water partition coefficient (Wildman–Crippen LogP) is 3.70. The van der Waals surface area contributed by atoms with Crippen molar-refractivity contribution in [3.05, 3.63) is 35.9 Å². The summed E-state index contributed by atoms with van der Waals surface area (Å²) >= 11 is 0. The van der Waals surface area contributed by atoms with Crippen molar-refractivity contribution in [1.82, 2.24) is 4.90 Å². The Kier molecular flexibility index (Phi) is 6.06. The zero-order valence-corrected chi connectivity index (χ0v) is 13.0. The molecule has 2 rings (SSSR count). The van der Waals surface area contributed by atoms with Gasteiger partial charge in [0.15, 0.2) is 0 Å². The maximum Gasteiger partial charge on any atom is 0.0580 e. The van der Waals surface area contributed by atoms with Crippen LogP contribution >= 0.6 is 0 Å². The number of hydrogen-bond donors (Lipinski definition) is 1. The van der Waals surface area contributed by atoms with Crippen LogP contribution < -0.4 is 0 Å². The van der Waals surface area contributed by atoms with E-state index in [4.69, 9.17) is 0 Å². The van der Waals surface area contributed by atoms with Gasteiger partial charge < -0.3 is 5.11 Å². The highest BCUT2D eigenvalue weighted by Crippen LogP contribution is 2.26. The van der Waals surface area contributed by atoms with Crippen molar-refractivity contribution in [3.8, 4) is 0 Å². The van der Waals surface area contributed by atoms with Gasteiger partial charge in [-0.25, -0.2) is 0 Å². The molecule has 0 spiro atoms. The molecule has 0 bridgehead atoms. The highest BCUT2D eigenvalue weighted by Gasteiger charge is 2.25. The summed E-state index contributed by atoms with van der Waals surface area (Å²) in [6.07, 6.45) is 4.56. The quantitative estimate of drug-likeness (QED) is 0.856. The topological polar surface area (TPSA) is 23.5 Å². The number of hydrogen-bond acceptors (Lipinski definition) is 2. The van der Waals surface area contributed by atoms with Crippen molar-refractivity contribution in [1.29, 1.82) is 0 Å². The maximum atomic E-state index is 10.2. The molecule has 0 heterocycles. The lowest BCUT2D eigenvalue weighted by Crippen LogP contribution is -2.38. The number of aliphatic hydroxyl groups is 1. The number of aliphatic hydroxyl groups excluding tert-OH is 1. The van der Waals surface area contributed by atoms with Gasteiger partial charge in [0.2, 0.25) is 0 Å². The first kappa shape index (κ1) is 15.5. The zero-order valence-electron chi connectivity index (χ0n) is 13.0. The van der Waals surface area contributed by atoms with Crippen molar-refractivity contribution in [2.75, 3.05) is 13.1 Å². The summed E-state index contributed by atoms with van der Waals surface area (Å²) in [6, 6.07) is 10.7. The Morgan fingerprint density at radius 1 is 1.15 bits per heavy atom. The Morgan fingerprint density at radius 3 is 2.50 bits per heavy atom. The van der Waals surface area contributed by atoms with E-state index in [1.165, 1.54) is 24.8 Å². The van der Waals surface area contributed by atoms with E-state index in [0.717, 1.165) is 26.1 Å². The van der Waals surface area contributed by atoms with Crippen LogP contribution in [-0.2, 0) is 6.54 Å². The minimum absolute atomic E-state index is 0.0887. The van der Waals surface area contributed by atoms with Gasteiger partial charge >= 0.3 is 0 Å². The van der Waals surface area contributed by atoms with Gasteiger partial charge in [-0.3, -0.25) is 4.90 Å². The van der Waals surface area contributed by atoms with E-state index < -0.39 is 0 Å². The zero-order chi connectivity index (χ0) is 14.4. The smallest absolute Gasteiger partial charge is 0.0580 e. The predicted molar refractivity (Wildman–Crippen MR) is 84.5 cm³/mol. The molecule has 0 unspecified atom stereocenters. The molecule has 1 aromatic carbocycles. The van der Waals surface area contributed by atoms with Crippen molar-refractivity contribution in [3.63, 3.8) is 0 Å². The lowest BCUT2D eigenvalue weighted by molar-refractivity contribution is 0.0421. The molecule has 0 aromatic heterocycles. The van der Waals surface area contributed by atoms with Crippen LogP contribution in [0.4, 0.5) is 0 Å². The first-order chi connectivity index (χ1) is 9.65. The molecule has 2 atom stereocenters. The maximum absolute atomic E-state index is 10.2. The molecule has 0 amide bonds. The van der Waals surface area contributed by atoms with Gasteiger partial charge in [-0.2, -0.15) is 0 Å². The second-order valence-corrected chi connectivity index (χ2v) is 6.69. The Bertz CT molecular complexity index is 376. The van der Waals surface area contributed by atoms with E-state index in [-0.39, 0.29) is 6.10 Å². The minimum atomic E-state index is -0.0887. The van der Waals surface area contributed by atoms with Crippen LogP contribution in [0.25, 0.3) is 0 Å². The molecule has 2 heteroatoms. The third-order valence-electron chi connectivity index (χ3n) is 4.23. The van der Waals surface area contributed by atoms with Crippen LogP contribution in [0.5, 0.6) is 0 Å². The Morgan fingerprint density at radius 2 is 1.85 bits per heavy atom. The lowest BCUT2D eigenvalue weighted by atomic mass is 9.86. The Balaban J connectivity index is 1.96. The molecule has 0 saturated heterocycles. The normalized spacial score (nSPS) is 23.4. The van der Waals surface area contributed by atoms with Crippen molar-refractivity contribution < 1.29 is 5.11 Å². The fraction of sp³-hybridized carbons (Fsp3) is 0.667. The fourth-order valence-electron chi connectivity index (χ4n) is 3.29. The minimum Gasteiger partial charge on any atom is -0.393 e. The summed E-state index contributed by atoms with van der Waals surface area (Å²) in [5.41, 5.74) is 1.37. The van der Waals surface area contributed by atoms with E-state index in [1.54, 1.807) is 0 Å². The molecule has 1 saturated carbocycles. The molecule has 0 radical (unpaired) electrons. The summed E-state index contributed by atoms with van der Waals surface area (Å²) in [7, 11) is 0. The lowest BCUT2D eigenvalue weighted by Gasteiger charge is -2.34. The molecule has 0 aliphatic heterocycles. The van der Waals surface area contributed by atoms with Crippen LogP contribution in [0.2, 0.25) is 0 Å². The van der Waals surface area contributed by atoms with E-state index in [1.807, 2.05) is 0 Å². The van der Waals surface area contributed by atoms with Gasteiger partial charge in [-0.15, -0.1) is 0 Å². The van der Waals surface area contributed by atoms with Crippen LogP contribution in [0.1, 0.15) is 45.1 Å². The van der Waals surface area contributed by atoms with Gasteiger partial charge in [-0.05, 0) is 30.2 Å². The second kappa shape index (κ2) is 7.80. The Labute approximate surface area is 123 Å². The molecule has 2 nitrogen and oxygen atoms in total. The monoisotopic (exact) mass is 275 g/mol. The largest absolute Gasteiger partial charge is 0.393 e. The standard InChI is InChI=1S/C18H29NO/c1-15(2)12-19(13-16-8-4-3-5-9-16)14-17-10-6-7-11-18(17)20/h3-5,8-9,15,17-18,20H,6-7,10-14H2,1-2H3/t17-,18-/m1/s1. The fourth-order valence-corrected chi connectivity index (χ4v) is 3.29. The molecule has 112 valence electrons. The van der Waals surface area contributed by atoms with Gasteiger partial charge in [0.25, 0.3) is 0 Å². The van der Waals surface area contributed by atoms with Gasteiger partial charge in [0.05, 0.1) is 6.10 Å². The third-order valence-corrected chi connectivity index (χ3v) is 4.23. The van der Waals surface area contributed by atoms with Crippen LogP contribution in [-0.4, -0.2) is 29.2 Å². The highest BCUT2D eigenvalue weighted by atomic mass is 16.3. The third kappa shape index (κ3) is 4.92. The Hall–Kier alpha value is -0.860. The van der Waals surface area contributed by atoms with Gasteiger partial charge in [0.1, 0.15) is 0 Å². The number of rotatable bonds is 6. The summed E-state index contributed by atoms with van der Waals surface area (Å²) in [5, 5.41) is 10.2. The molecular formula is C18H29NO. The number of benzene rings is 1. The SMILES string of the molecule is CC(C)CN(Cc1ccccc1)C[C@H]1CCCC[C@H]1O. The van der Waals surface area contributed by atoms with E-state index in [2.05, 4.69) is 49.1 Å². The average molecular weight is 275 g/mol. The van der Waals surface area contributed by atoms with Crippen LogP contribution in [0, 0.1) is 11.8 Å². The van der Waals surface area contributed by atoms with E-state index in [9.17, 15) is 5.11 Å². The molecule has 1 fully saturated rings. The van der Waals surface area contributed by atoms with Crippen LogP contribution in [0.3, 0.4) is 0 Å². The van der Waals surface area contributed by atoms with Gasteiger partial charge in [0, 0.05) is 19.6 Å². The molecule has 1 aliphatic carbocycles. The first-order valence-electron chi connectivity index (χ1n) is 8.09. The second-order valence-electron chi connectivity index (χ2n) is 6.69. The first-order valence-corrected chi connectivity index (χ1v) is 8.09. The highest BCUT2D eigenvalue weighted by molar-refractivity contribution is 5.14. The molecule has 20 heavy (non-hydrogen) atoms. The molecule has 1 N–H and O–H groups in total. The summed E-state index contributed by atoms with van der Waals surface area (Å²) in [4.78, 5) is 2.53. The number of nitrogens with zero attached hydrogens (tertiary/aromatic N) is 1. The summed E-state index contributed by atoms with van der Waals surface area (Å²) in [6.45, 7) is 7.69. The molecule has 1 aliphatic rings. The molecule has 1 aromatic rings.